The van der Waals surface area contributed by atoms with Crippen LogP contribution in [0.15, 0.2) is 30.3 Å². The summed E-state index contributed by atoms with van der Waals surface area (Å²) in [7, 11) is 0. The number of nitrogens with one attached hydrogen (secondary N) is 1. The number of rotatable bonds is 3. The number of aryl methyl sites for hydroxylation is 1. The Balaban J connectivity index is 1.87. The van der Waals surface area contributed by atoms with E-state index in [1.165, 1.54) is 0 Å². The minimum absolute atomic E-state index is 0.107. The van der Waals surface area contributed by atoms with Gasteiger partial charge in [-0.25, -0.2) is 9.67 Å². The second-order valence-electron chi connectivity index (χ2n) is 8.17. The molecule has 27 heavy (non-hydrogen) atoms. The minimum Gasteiger partial charge on any atom is -0.321 e. The molecule has 1 amide bonds. The molecule has 0 bridgehead atoms. The van der Waals surface area contributed by atoms with Gasteiger partial charge in [-0.3, -0.25) is 4.79 Å². The van der Waals surface area contributed by atoms with Crippen LogP contribution >= 0.6 is 22.6 Å². The summed E-state index contributed by atoms with van der Waals surface area (Å²) in [5, 5.41) is 8.64. The van der Waals surface area contributed by atoms with Crippen LogP contribution in [0.2, 0.25) is 0 Å². The van der Waals surface area contributed by atoms with Gasteiger partial charge in [0.1, 0.15) is 0 Å². The Morgan fingerprint density at radius 2 is 1.96 bits per heavy atom. The maximum absolute atomic E-state index is 13.2. The SMILES string of the molecule is Cc1nn(C(C)(C)C)c2nc(C3CC3)cc(C(=O)Nc3ccccc3I)c12. The van der Waals surface area contributed by atoms with Crippen LogP contribution in [0.25, 0.3) is 11.0 Å². The highest BCUT2D eigenvalue weighted by Crippen LogP contribution is 2.41. The van der Waals surface area contributed by atoms with Gasteiger partial charge in [-0.15, -0.1) is 0 Å². The summed E-state index contributed by atoms with van der Waals surface area (Å²) < 4.78 is 2.96. The van der Waals surface area contributed by atoms with Crippen molar-refractivity contribution in [3.8, 4) is 0 Å². The molecule has 6 heteroatoms. The molecule has 1 saturated carbocycles. The molecule has 4 rings (SSSR count). The smallest absolute Gasteiger partial charge is 0.256 e. The van der Waals surface area contributed by atoms with Crippen molar-refractivity contribution in [3.63, 3.8) is 0 Å². The van der Waals surface area contributed by atoms with Crippen molar-refractivity contribution in [3.05, 3.63) is 50.9 Å². The topological polar surface area (TPSA) is 59.8 Å². The number of carbonyl (C=O) groups excluding carboxylic acids is 1. The van der Waals surface area contributed by atoms with E-state index in [2.05, 4.69) is 48.7 Å². The number of hydrogen-bond donors (Lipinski definition) is 1. The second-order valence-corrected chi connectivity index (χ2v) is 9.33. The molecule has 0 radical (unpaired) electrons. The van der Waals surface area contributed by atoms with Gasteiger partial charge in [0.15, 0.2) is 5.65 Å². The largest absolute Gasteiger partial charge is 0.321 e. The standard InChI is InChI=1S/C21H23IN4O/c1-12-18-14(20(27)24-16-8-6-5-7-15(16)22)11-17(13-9-10-13)23-19(18)26(25-12)21(2,3)4/h5-8,11,13H,9-10H2,1-4H3,(H,24,27). The summed E-state index contributed by atoms with van der Waals surface area (Å²) in [6, 6.07) is 9.76. The number of halogens is 1. The van der Waals surface area contributed by atoms with Gasteiger partial charge in [0.25, 0.3) is 5.91 Å². The Hall–Kier alpha value is -1.96. The van der Waals surface area contributed by atoms with Crippen LogP contribution in [0, 0.1) is 10.5 Å². The molecule has 1 fully saturated rings. The van der Waals surface area contributed by atoms with E-state index in [9.17, 15) is 4.79 Å². The third-order valence-corrected chi connectivity index (χ3v) is 5.77. The summed E-state index contributed by atoms with van der Waals surface area (Å²) in [4.78, 5) is 18.1. The van der Waals surface area contributed by atoms with Gasteiger partial charge >= 0.3 is 0 Å². The number of aromatic nitrogens is 3. The summed E-state index contributed by atoms with van der Waals surface area (Å²) in [6.45, 7) is 8.27. The molecule has 140 valence electrons. The van der Waals surface area contributed by atoms with Crippen molar-refractivity contribution in [2.24, 2.45) is 0 Å². The molecule has 1 aromatic carbocycles. The number of nitrogens with zero attached hydrogens (tertiary/aromatic N) is 3. The molecule has 0 saturated heterocycles. The lowest BCUT2D eigenvalue weighted by Crippen LogP contribution is -2.23. The van der Waals surface area contributed by atoms with E-state index >= 15 is 0 Å². The Bertz CT molecular complexity index is 1040. The van der Waals surface area contributed by atoms with Crippen molar-refractivity contribution in [2.45, 2.75) is 52.0 Å². The average molecular weight is 474 g/mol. The van der Waals surface area contributed by atoms with Gasteiger partial charge in [0, 0.05) is 15.2 Å². The van der Waals surface area contributed by atoms with Crippen LogP contribution in [0.5, 0.6) is 0 Å². The maximum atomic E-state index is 13.2. The van der Waals surface area contributed by atoms with E-state index in [4.69, 9.17) is 10.1 Å². The van der Waals surface area contributed by atoms with E-state index in [0.717, 1.165) is 44.5 Å². The zero-order chi connectivity index (χ0) is 19.3. The molecule has 1 aliphatic carbocycles. The van der Waals surface area contributed by atoms with Crippen molar-refractivity contribution >= 4 is 45.2 Å². The monoisotopic (exact) mass is 474 g/mol. The Labute approximate surface area is 172 Å². The Morgan fingerprint density at radius 1 is 1.26 bits per heavy atom. The molecule has 5 nitrogen and oxygen atoms in total. The zero-order valence-electron chi connectivity index (χ0n) is 16.0. The van der Waals surface area contributed by atoms with Crippen molar-refractivity contribution in [1.29, 1.82) is 0 Å². The number of anilines is 1. The fraction of sp³-hybridized carbons (Fsp3) is 0.381. The molecule has 1 N–H and O–H groups in total. The minimum atomic E-state index is -0.204. The van der Waals surface area contributed by atoms with Crippen LogP contribution in [0.4, 0.5) is 5.69 Å². The molecule has 0 spiro atoms. The maximum Gasteiger partial charge on any atom is 0.256 e. The van der Waals surface area contributed by atoms with Crippen molar-refractivity contribution in [2.75, 3.05) is 5.32 Å². The van der Waals surface area contributed by atoms with E-state index in [1.807, 2.05) is 41.9 Å². The zero-order valence-corrected chi connectivity index (χ0v) is 18.2. The molecule has 2 aromatic heterocycles. The first-order valence-corrected chi connectivity index (χ1v) is 10.3. The number of pyridine rings is 1. The van der Waals surface area contributed by atoms with Crippen LogP contribution in [0.3, 0.4) is 0 Å². The molecule has 1 aliphatic rings. The molecule has 3 aromatic rings. The summed E-state index contributed by atoms with van der Waals surface area (Å²) in [5.74, 6) is 0.353. The van der Waals surface area contributed by atoms with Gasteiger partial charge < -0.3 is 5.32 Å². The lowest BCUT2D eigenvalue weighted by molar-refractivity contribution is 0.102. The van der Waals surface area contributed by atoms with E-state index < -0.39 is 0 Å². The fourth-order valence-corrected chi connectivity index (χ4v) is 3.82. The number of hydrogen-bond acceptors (Lipinski definition) is 3. The molecular weight excluding hydrogens is 451 g/mol. The van der Waals surface area contributed by atoms with Gasteiger partial charge in [0.05, 0.1) is 27.9 Å². The van der Waals surface area contributed by atoms with Crippen LogP contribution in [-0.4, -0.2) is 20.7 Å². The molecule has 0 aliphatic heterocycles. The number of carbonyl (C=O) groups is 1. The van der Waals surface area contributed by atoms with Gasteiger partial charge in [0.2, 0.25) is 0 Å². The third kappa shape index (κ3) is 3.47. The highest BCUT2D eigenvalue weighted by molar-refractivity contribution is 14.1. The summed E-state index contributed by atoms with van der Waals surface area (Å²) >= 11 is 2.24. The van der Waals surface area contributed by atoms with E-state index in [-0.39, 0.29) is 11.4 Å². The normalized spacial score (nSPS) is 14.6. The van der Waals surface area contributed by atoms with Crippen LogP contribution < -0.4 is 5.32 Å². The van der Waals surface area contributed by atoms with Gasteiger partial charge in [-0.05, 0) is 81.3 Å². The van der Waals surface area contributed by atoms with Crippen molar-refractivity contribution < 1.29 is 4.79 Å². The highest BCUT2D eigenvalue weighted by Gasteiger charge is 2.30. The van der Waals surface area contributed by atoms with E-state index in [0.29, 0.717) is 11.5 Å². The van der Waals surface area contributed by atoms with Crippen LogP contribution in [-0.2, 0) is 5.54 Å². The Kier molecular flexibility index (Phi) is 4.49. The number of amides is 1. The number of fused-ring (bicyclic) bond motifs is 1. The van der Waals surface area contributed by atoms with Crippen molar-refractivity contribution in [1.82, 2.24) is 14.8 Å². The molecule has 0 unspecified atom stereocenters. The summed E-state index contributed by atoms with van der Waals surface area (Å²) in [6.07, 6.45) is 2.28. The first-order chi connectivity index (χ1) is 12.8. The molecular formula is C21H23IN4O. The number of benzene rings is 1. The molecule has 2 heterocycles. The Morgan fingerprint density at radius 3 is 2.59 bits per heavy atom. The predicted octanol–water partition coefficient (Wildman–Crippen LogP) is 5.23. The third-order valence-electron chi connectivity index (χ3n) is 4.83. The first-order valence-electron chi connectivity index (χ1n) is 9.22. The lowest BCUT2D eigenvalue weighted by atomic mass is 10.1. The first kappa shape index (κ1) is 18.4. The predicted molar refractivity (Wildman–Crippen MR) is 116 cm³/mol. The quantitative estimate of drug-likeness (QED) is 0.529. The van der Waals surface area contributed by atoms with Gasteiger partial charge in [-0.2, -0.15) is 5.10 Å². The lowest BCUT2D eigenvalue weighted by Gasteiger charge is -2.20. The fourth-order valence-electron chi connectivity index (χ4n) is 3.30. The highest BCUT2D eigenvalue weighted by atomic mass is 127. The van der Waals surface area contributed by atoms with Crippen LogP contribution in [0.1, 0.15) is 61.3 Å². The van der Waals surface area contributed by atoms with Gasteiger partial charge in [-0.1, -0.05) is 12.1 Å². The second kappa shape index (κ2) is 6.58. The summed E-state index contributed by atoms with van der Waals surface area (Å²) in [5.41, 5.74) is 3.92. The number of para-hydroxylation sites is 1. The molecule has 0 atom stereocenters. The van der Waals surface area contributed by atoms with E-state index in [1.54, 1.807) is 0 Å². The average Bonchev–Trinajstić information content (AvgIpc) is 3.39.